The predicted octanol–water partition coefficient (Wildman–Crippen LogP) is 3.12. The van der Waals surface area contributed by atoms with Crippen LogP contribution in [-0.2, 0) is 13.1 Å². The highest BCUT2D eigenvalue weighted by Gasteiger charge is 2.23. The van der Waals surface area contributed by atoms with Crippen LogP contribution in [0.15, 0.2) is 54.7 Å². The number of hydrogen-bond donors (Lipinski definition) is 4. The minimum Gasteiger partial charge on any atom is -0.340 e. The summed E-state index contributed by atoms with van der Waals surface area (Å²) in [4.78, 5) is 23.2. The van der Waals surface area contributed by atoms with Crippen molar-refractivity contribution in [2.24, 2.45) is 0 Å². The van der Waals surface area contributed by atoms with E-state index in [9.17, 15) is 4.79 Å². The lowest BCUT2D eigenvalue weighted by Gasteiger charge is -2.15. The van der Waals surface area contributed by atoms with Crippen molar-refractivity contribution in [2.45, 2.75) is 25.9 Å². The molecule has 1 fully saturated rings. The van der Waals surface area contributed by atoms with Crippen LogP contribution in [0.25, 0.3) is 11.4 Å². The Kier molecular flexibility index (Phi) is 5.70. The van der Waals surface area contributed by atoms with E-state index >= 15 is 0 Å². The third-order valence-electron chi connectivity index (χ3n) is 5.93. The molecule has 164 valence electrons. The second-order valence-electron chi connectivity index (χ2n) is 8.15. The van der Waals surface area contributed by atoms with Gasteiger partial charge < -0.3 is 15.5 Å². The van der Waals surface area contributed by atoms with E-state index in [1.165, 1.54) is 11.1 Å². The number of benzene rings is 2. The molecule has 4 N–H and O–H groups in total. The lowest BCUT2D eigenvalue weighted by atomic mass is 10.0. The van der Waals surface area contributed by atoms with Gasteiger partial charge in [-0.2, -0.15) is 0 Å². The number of nitrogens with zero attached hydrogens (tertiary/aromatic N) is 3. The maximum absolute atomic E-state index is 12.2. The molecule has 2 amide bonds. The summed E-state index contributed by atoms with van der Waals surface area (Å²) in [5.41, 5.74) is 11.9. The zero-order chi connectivity index (χ0) is 21.9. The van der Waals surface area contributed by atoms with Crippen LogP contribution >= 0.6 is 0 Å². The third-order valence-corrected chi connectivity index (χ3v) is 5.93. The Hall–Kier alpha value is -3.49. The average Bonchev–Trinajstić information content (AvgIpc) is 3.50. The first-order chi connectivity index (χ1) is 15.7. The van der Waals surface area contributed by atoms with E-state index in [1.54, 1.807) is 6.20 Å². The molecular weight excluding hydrogens is 402 g/mol. The Balaban J connectivity index is 1.30. The summed E-state index contributed by atoms with van der Waals surface area (Å²) in [6.07, 6.45) is 1.77. The second kappa shape index (κ2) is 8.94. The number of rotatable bonds is 5. The third kappa shape index (κ3) is 4.28. The number of amides is 2. The monoisotopic (exact) mass is 429 g/mol. The van der Waals surface area contributed by atoms with Gasteiger partial charge in [-0.05, 0) is 47.9 Å². The quantitative estimate of drug-likeness (QED) is 0.498. The van der Waals surface area contributed by atoms with Gasteiger partial charge in [0.25, 0.3) is 0 Å². The van der Waals surface area contributed by atoms with Gasteiger partial charge in [-0.1, -0.05) is 24.3 Å². The molecule has 0 aliphatic carbocycles. The van der Waals surface area contributed by atoms with Crippen molar-refractivity contribution >= 4 is 17.5 Å². The number of urea groups is 1. The molecule has 2 aliphatic rings. The van der Waals surface area contributed by atoms with Crippen molar-refractivity contribution in [3.8, 4) is 11.4 Å². The van der Waals surface area contributed by atoms with E-state index in [0.29, 0.717) is 31.4 Å². The fourth-order valence-corrected chi connectivity index (χ4v) is 4.19. The molecule has 0 saturated carbocycles. The van der Waals surface area contributed by atoms with Crippen molar-refractivity contribution in [2.75, 3.05) is 25.0 Å². The maximum Gasteiger partial charge on any atom is 0.317 e. The van der Waals surface area contributed by atoms with Crippen LogP contribution < -0.4 is 21.5 Å². The fourth-order valence-electron chi connectivity index (χ4n) is 4.19. The number of aromatic nitrogens is 2. The molecule has 1 saturated heterocycles. The van der Waals surface area contributed by atoms with Crippen molar-refractivity contribution in [1.29, 1.82) is 0 Å². The number of hydrogen-bond acceptors (Lipinski definition) is 6. The van der Waals surface area contributed by atoms with Crippen molar-refractivity contribution in [3.05, 3.63) is 71.4 Å². The molecule has 0 atom stereocenters. The maximum atomic E-state index is 12.2. The number of carbonyl (C=O) groups excluding carboxylic acids is 1. The molecule has 1 aromatic heterocycles. The van der Waals surface area contributed by atoms with Gasteiger partial charge in [-0.25, -0.2) is 14.8 Å². The lowest BCUT2D eigenvalue weighted by Crippen LogP contribution is -2.36. The van der Waals surface area contributed by atoms with Crippen LogP contribution in [0.4, 0.5) is 16.3 Å². The van der Waals surface area contributed by atoms with Crippen molar-refractivity contribution < 1.29 is 4.79 Å². The summed E-state index contributed by atoms with van der Waals surface area (Å²) in [7, 11) is 0. The topological polar surface area (TPSA) is 94.2 Å². The molecule has 2 aliphatic heterocycles. The first kappa shape index (κ1) is 20.4. The van der Waals surface area contributed by atoms with Gasteiger partial charge in [0.2, 0.25) is 0 Å². The normalized spacial score (nSPS) is 15.6. The van der Waals surface area contributed by atoms with Gasteiger partial charge in [0.1, 0.15) is 5.82 Å². The Morgan fingerprint density at radius 3 is 2.62 bits per heavy atom. The highest BCUT2D eigenvalue weighted by Crippen LogP contribution is 2.28. The highest BCUT2D eigenvalue weighted by atomic mass is 16.2. The smallest absolute Gasteiger partial charge is 0.317 e. The molecule has 0 unspecified atom stereocenters. The summed E-state index contributed by atoms with van der Waals surface area (Å²) >= 11 is 0. The van der Waals surface area contributed by atoms with Gasteiger partial charge in [-0.3, -0.25) is 10.9 Å². The molecule has 0 radical (unpaired) electrons. The molecule has 0 spiro atoms. The highest BCUT2D eigenvalue weighted by molar-refractivity contribution is 5.75. The van der Waals surface area contributed by atoms with E-state index in [0.717, 1.165) is 35.7 Å². The summed E-state index contributed by atoms with van der Waals surface area (Å²) in [5, 5.41) is 6.24. The molecule has 2 aromatic carbocycles. The SMILES string of the molecule is CCNC(=O)N1Cc2ccc(-c3nccc(Nc4ccc(C5CNNC5)cc4)n3)cc2C1. The van der Waals surface area contributed by atoms with Gasteiger partial charge in [-0.15, -0.1) is 0 Å². The summed E-state index contributed by atoms with van der Waals surface area (Å²) in [5.74, 6) is 1.91. The van der Waals surface area contributed by atoms with E-state index in [1.807, 2.05) is 24.0 Å². The molecule has 5 rings (SSSR count). The summed E-state index contributed by atoms with van der Waals surface area (Å²) < 4.78 is 0. The van der Waals surface area contributed by atoms with E-state index in [4.69, 9.17) is 4.98 Å². The molecule has 32 heavy (non-hydrogen) atoms. The van der Waals surface area contributed by atoms with Crippen LogP contribution in [-0.4, -0.2) is 40.5 Å². The molecule has 0 bridgehead atoms. The Morgan fingerprint density at radius 1 is 1.06 bits per heavy atom. The Bertz CT molecular complexity index is 1110. The van der Waals surface area contributed by atoms with Crippen LogP contribution in [0.1, 0.15) is 29.5 Å². The fraction of sp³-hybridized carbons (Fsp3) is 0.292. The second-order valence-corrected chi connectivity index (χ2v) is 8.15. The van der Waals surface area contributed by atoms with Crippen LogP contribution in [0.2, 0.25) is 0 Å². The van der Waals surface area contributed by atoms with E-state index < -0.39 is 0 Å². The van der Waals surface area contributed by atoms with Crippen LogP contribution in [0, 0.1) is 0 Å². The first-order valence-corrected chi connectivity index (χ1v) is 11.0. The zero-order valence-electron chi connectivity index (χ0n) is 18.1. The molecule has 3 aromatic rings. The lowest BCUT2D eigenvalue weighted by molar-refractivity contribution is 0.199. The van der Waals surface area contributed by atoms with Gasteiger partial charge in [0.05, 0.1) is 0 Å². The summed E-state index contributed by atoms with van der Waals surface area (Å²) in [6, 6.07) is 16.5. The Morgan fingerprint density at radius 2 is 1.84 bits per heavy atom. The van der Waals surface area contributed by atoms with Crippen molar-refractivity contribution in [1.82, 2.24) is 31.0 Å². The number of anilines is 2. The molecule has 3 heterocycles. The zero-order valence-corrected chi connectivity index (χ0v) is 18.1. The van der Waals surface area contributed by atoms with Gasteiger partial charge in [0.15, 0.2) is 5.82 Å². The van der Waals surface area contributed by atoms with Crippen LogP contribution in [0.3, 0.4) is 0 Å². The molecule has 8 heteroatoms. The average molecular weight is 430 g/mol. The Labute approximate surface area is 187 Å². The minimum atomic E-state index is -0.0285. The van der Waals surface area contributed by atoms with Crippen LogP contribution in [0.5, 0.6) is 0 Å². The van der Waals surface area contributed by atoms with E-state index in [-0.39, 0.29) is 6.03 Å². The first-order valence-electron chi connectivity index (χ1n) is 11.0. The van der Waals surface area contributed by atoms with Gasteiger partial charge >= 0.3 is 6.03 Å². The number of nitrogens with one attached hydrogen (secondary N) is 4. The number of fused-ring (bicyclic) bond motifs is 1. The van der Waals surface area contributed by atoms with E-state index in [2.05, 4.69) is 62.9 Å². The number of carbonyl (C=O) groups is 1. The van der Waals surface area contributed by atoms with Crippen molar-refractivity contribution in [3.63, 3.8) is 0 Å². The minimum absolute atomic E-state index is 0.0285. The number of hydrazine groups is 1. The van der Waals surface area contributed by atoms with Gasteiger partial charge in [0, 0.05) is 56.1 Å². The summed E-state index contributed by atoms with van der Waals surface area (Å²) in [6.45, 7) is 5.69. The standard InChI is InChI=1S/C24H27N7O/c1-2-25-24(32)31-14-18-4-3-17(11-19(18)15-31)23-26-10-9-22(30-23)29-21-7-5-16(6-8-21)20-12-27-28-13-20/h3-11,20,27-28H,2,12-15H2,1H3,(H,25,32)(H,26,29,30). The molecule has 8 nitrogen and oxygen atoms in total. The largest absolute Gasteiger partial charge is 0.340 e. The molecular formula is C24H27N7O. The predicted molar refractivity (Wildman–Crippen MR) is 124 cm³/mol.